The molecule has 0 bridgehead atoms. The van der Waals surface area contributed by atoms with Crippen LogP contribution in [0.3, 0.4) is 0 Å². The fourth-order valence-corrected chi connectivity index (χ4v) is 1.97. The molecule has 0 saturated heterocycles. The van der Waals surface area contributed by atoms with E-state index in [4.69, 9.17) is 5.73 Å². The fourth-order valence-electron chi connectivity index (χ4n) is 1.97. The minimum absolute atomic E-state index is 0.658. The van der Waals surface area contributed by atoms with E-state index in [-0.39, 0.29) is 0 Å². The van der Waals surface area contributed by atoms with Crippen LogP contribution in [0, 0.1) is 5.92 Å². The van der Waals surface area contributed by atoms with Gasteiger partial charge in [-0.25, -0.2) is 0 Å². The van der Waals surface area contributed by atoms with Crippen molar-refractivity contribution in [2.24, 2.45) is 11.7 Å². The van der Waals surface area contributed by atoms with Crippen LogP contribution in [0.2, 0.25) is 0 Å². The van der Waals surface area contributed by atoms with E-state index in [1.54, 1.807) is 0 Å². The van der Waals surface area contributed by atoms with Crippen LogP contribution in [-0.2, 0) is 6.54 Å². The van der Waals surface area contributed by atoms with Crippen LogP contribution in [0.5, 0.6) is 0 Å². The second kappa shape index (κ2) is 8.26. The number of hydrogen-bond acceptors (Lipinski definition) is 2. The van der Waals surface area contributed by atoms with Crippen molar-refractivity contribution in [2.45, 2.75) is 33.2 Å². The Labute approximate surface area is 106 Å². The van der Waals surface area contributed by atoms with Crippen molar-refractivity contribution in [1.29, 1.82) is 0 Å². The van der Waals surface area contributed by atoms with Gasteiger partial charge in [0.25, 0.3) is 0 Å². The molecule has 0 amide bonds. The smallest absolute Gasteiger partial charge is 0.0233 e. The second-order valence-electron chi connectivity index (χ2n) is 4.84. The third-order valence-corrected chi connectivity index (χ3v) is 3.27. The molecule has 1 rings (SSSR count). The lowest BCUT2D eigenvalue weighted by Crippen LogP contribution is -2.24. The van der Waals surface area contributed by atoms with Gasteiger partial charge in [-0.15, -0.1) is 0 Å². The summed E-state index contributed by atoms with van der Waals surface area (Å²) in [6.07, 6.45) is 2.49. The summed E-state index contributed by atoms with van der Waals surface area (Å²) in [5.74, 6) is 0.658. The number of hydrogen-bond donors (Lipinski definition) is 1. The van der Waals surface area contributed by atoms with Crippen molar-refractivity contribution in [2.75, 3.05) is 19.6 Å². The van der Waals surface area contributed by atoms with Gasteiger partial charge in [0.1, 0.15) is 0 Å². The minimum atomic E-state index is 0.658. The number of benzene rings is 1. The first-order valence-electron chi connectivity index (χ1n) is 6.72. The third-order valence-electron chi connectivity index (χ3n) is 3.27. The van der Waals surface area contributed by atoms with E-state index in [1.165, 1.54) is 24.9 Å². The van der Waals surface area contributed by atoms with Gasteiger partial charge < -0.3 is 5.73 Å². The standard InChI is InChI=1S/C15H26N2/c1-3-17(11-7-8-14(2)12-16)13-15-9-5-4-6-10-15/h4-6,9-10,14H,3,7-8,11-13,16H2,1-2H3. The van der Waals surface area contributed by atoms with E-state index < -0.39 is 0 Å². The maximum Gasteiger partial charge on any atom is 0.0233 e. The lowest BCUT2D eigenvalue weighted by atomic mass is 10.1. The Morgan fingerprint density at radius 2 is 1.94 bits per heavy atom. The number of nitrogens with two attached hydrogens (primary N) is 1. The van der Waals surface area contributed by atoms with Gasteiger partial charge in [-0.3, -0.25) is 4.90 Å². The van der Waals surface area contributed by atoms with Gasteiger partial charge in [0.2, 0.25) is 0 Å². The maximum absolute atomic E-state index is 5.63. The minimum Gasteiger partial charge on any atom is -0.330 e. The van der Waals surface area contributed by atoms with Crippen LogP contribution in [0.1, 0.15) is 32.3 Å². The number of nitrogens with zero attached hydrogens (tertiary/aromatic N) is 1. The largest absolute Gasteiger partial charge is 0.330 e. The molecule has 0 heterocycles. The Morgan fingerprint density at radius 3 is 2.53 bits per heavy atom. The molecule has 0 saturated carbocycles. The van der Waals surface area contributed by atoms with Gasteiger partial charge in [0, 0.05) is 6.54 Å². The molecule has 0 aliphatic carbocycles. The quantitative estimate of drug-likeness (QED) is 0.749. The summed E-state index contributed by atoms with van der Waals surface area (Å²) >= 11 is 0. The second-order valence-corrected chi connectivity index (χ2v) is 4.84. The molecule has 1 aromatic rings. The van der Waals surface area contributed by atoms with Crippen LogP contribution in [0.25, 0.3) is 0 Å². The van der Waals surface area contributed by atoms with E-state index in [2.05, 4.69) is 49.1 Å². The molecule has 0 radical (unpaired) electrons. The predicted octanol–water partition coefficient (Wildman–Crippen LogP) is 2.88. The van der Waals surface area contributed by atoms with Crippen molar-refractivity contribution in [3.05, 3.63) is 35.9 Å². The van der Waals surface area contributed by atoms with Crippen LogP contribution < -0.4 is 5.73 Å². The summed E-state index contributed by atoms with van der Waals surface area (Å²) in [6.45, 7) is 8.63. The zero-order chi connectivity index (χ0) is 12.5. The SMILES string of the molecule is CCN(CCCC(C)CN)Cc1ccccc1. The molecular weight excluding hydrogens is 208 g/mol. The highest BCUT2D eigenvalue weighted by molar-refractivity contribution is 5.14. The molecule has 17 heavy (non-hydrogen) atoms. The zero-order valence-electron chi connectivity index (χ0n) is 11.2. The zero-order valence-corrected chi connectivity index (χ0v) is 11.2. The summed E-state index contributed by atoms with van der Waals surface area (Å²) in [7, 11) is 0. The average molecular weight is 234 g/mol. The molecule has 0 aromatic heterocycles. The summed E-state index contributed by atoms with van der Waals surface area (Å²) < 4.78 is 0. The normalized spacial score (nSPS) is 12.9. The van der Waals surface area contributed by atoms with E-state index >= 15 is 0 Å². The van der Waals surface area contributed by atoms with Gasteiger partial charge in [0.15, 0.2) is 0 Å². The van der Waals surface area contributed by atoms with Crippen molar-refractivity contribution in [1.82, 2.24) is 4.90 Å². The van der Waals surface area contributed by atoms with Gasteiger partial charge >= 0.3 is 0 Å². The average Bonchev–Trinajstić information content (AvgIpc) is 2.38. The van der Waals surface area contributed by atoms with Crippen molar-refractivity contribution >= 4 is 0 Å². The molecule has 0 aliphatic heterocycles. The Bertz CT molecular complexity index is 284. The maximum atomic E-state index is 5.63. The Hall–Kier alpha value is -0.860. The molecule has 0 aliphatic rings. The Balaban J connectivity index is 2.29. The van der Waals surface area contributed by atoms with Crippen LogP contribution in [0.4, 0.5) is 0 Å². The van der Waals surface area contributed by atoms with E-state index in [1.807, 2.05) is 0 Å². The monoisotopic (exact) mass is 234 g/mol. The van der Waals surface area contributed by atoms with Crippen LogP contribution in [-0.4, -0.2) is 24.5 Å². The lowest BCUT2D eigenvalue weighted by molar-refractivity contribution is 0.267. The molecule has 0 fully saturated rings. The highest BCUT2D eigenvalue weighted by atomic mass is 15.1. The van der Waals surface area contributed by atoms with Gasteiger partial charge in [-0.2, -0.15) is 0 Å². The van der Waals surface area contributed by atoms with Gasteiger partial charge in [-0.1, -0.05) is 44.2 Å². The highest BCUT2D eigenvalue weighted by Crippen LogP contribution is 2.08. The van der Waals surface area contributed by atoms with Gasteiger partial charge in [-0.05, 0) is 44.0 Å². The molecule has 0 spiro atoms. The van der Waals surface area contributed by atoms with Crippen molar-refractivity contribution in [3.8, 4) is 0 Å². The fraction of sp³-hybridized carbons (Fsp3) is 0.600. The van der Waals surface area contributed by atoms with Crippen molar-refractivity contribution in [3.63, 3.8) is 0 Å². The van der Waals surface area contributed by atoms with Crippen LogP contribution in [0.15, 0.2) is 30.3 Å². The third kappa shape index (κ3) is 5.85. The number of rotatable bonds is 8. The first-order valence-corrected chi connectivity index (χ1v) is 6.72. The lowest BCUT2D eigenvalue weighted by Gasteiger charge is -2.21. The van der Waals surface area contributed by atoms with Gasteiger partial charge in [0.05, 0.1) is 0 Å². The topological polar surface area (TPSA) is 29.3 Å². The first kappa shape index (κ1) is 14.2. The van der Waals surface area contributed by atoms with E-state index in [9.17, 15) is 0 Å². The predicted molar refractivity (Wildman–Crippen MR) is 74.8 cm³/mol. The van der Waals surface area contributed by atoms with Crippen LogP contribution >= 0.6 is 0 Å². The molecule has 96 valence electrons. The van der Waals surface area contributed by atoms with E-state index in [0.29, 0.717) is 5.92 Å². The molecule has 2 N–H and O–H groups in total. The molecular formula is C15H26N2. The van der Waals surface area contributed by atoms with E-state index in [0.717, 1.165) is 19.6 Å². The summed E-state index contributed by atoms with van der Waals surface area (Å²) in [5, 5.41) is 0. The molecule has 1 atom stereocenters. The molecule has 1 unspecified atom stereocenters. The Morgan fingerprint density at radius 1 is 1.24 bits per heavy atom. The molecule has 2 heteroatoms. The Kier molecular flexibility index (Phi) is 6.90. The highest BCUT2D eigenvalue weighted by Gasteiger charge is 2.05. The first-order chi connectivity index (χ1) is 8.26. The summed E-state index contributed by atoms with van der Waals surface area (Å²) in [4.78, 5) is 2.50. The molecule has 2 nitrogen and oxygen atoms in total. The summed E-state index contributed by atoms with van der Waals surface area (Å²) in [5.41, 5.74) is 7.04. The molecule has 1 aromatic carbocycles. The summed E-state index contributed by atoms with van der Waals surface area (Å²) in [6, 6.07) is 10.7. The van der Waals surface area contributed by atoms with Crippen molar-refractivity contribution < 1.29 is 0 Å².